The van der Waals surface area contributed by atoms with Gasteiger partial charge in [-0.15, -0.1) is 0 Å². The molecule has 0 radical (unpaired) electrons. The normalized spacial score (nSPS) is 11.6. The molecule has 1 amide bonds. The van der Waals surface area contributed by atoms with Crippen molar-refractivity contribution >= 4 is 15.9 Å². The van der Waals surface area contributed by atoms with Gasteiger partial charge >= 0.3 is 0 Å². The van der Waals surface area contributed by atoms with Crippen LogP contribution in [0.4, 0.5) is 43.9 Å². The highest BCUT2D eigenvalue weighted by atomic mass is 32.2. The van der Waals surface area contributed by atoms with Crippen LogP contribution >= 0.6 is 0 Å². The number of carbonyl (C=O) groups excluding carboxylic acids is 1. The van der Waals surface area contributed by atoms with Gasteiger partial charge in [-0.2, -0.15) is 0 Å². The molecular formula is C13HF10NO3S. The smallest absolute Gasteiger partial charge is 0.268 e. The Bertz CT molecular complexity index is 1070. The molecule has 0 saturated heterocycles. The van der Waals surface area contributed by atoms with E-state index >= 15 is 0 Å². The Kier molecular flexibility index (Phi) is 5.33. The molecule has 0 saturated carbocycles. The van der Waals surface area contributed by atoms with Crippen molar-refractivity contribution in [2.45, 2.75) is 4.90 Å². The molecule has 0 bridgehead atoms. The van der Waals surface area contributed by atoms with Crippen LogP contribution in [-0.2, 0) is 10.0 Å². The average Bonchev–Trinajstić information content (AvgIpc) is 2.61. The second-order valence-electron chi connectivity index (χ2n) is 4.78. The summed E-state index contributed by atoms with van der Waals surface area (Å²) < 4.78 is 156. The van der Waals surface area contributed by atoms with E-state index in [1.165, 1.54) is 0 Å². The molecule has 2 rings (SSSR count). The van der Waals surface area contributed by atoms with Gasteiger partial charge in [0.15, 0.2) is 51.4 Å². The maximum absolute atomic E-state index is 13.5. The van der Waals surface area contributed by atoms with Gasteiger partial charge in [0.1, 0.15) is 5.56 Å². The Hall–Kier alpha value is -2.84. The summed E-state index contributed by atoms with van der Waals surface area (Å²) in [6, 6.07) is 0. The Morgan fingerprint density at radius 2 is 0.821 bits per heavy atom. The van der Waals surface area contributed by atoms with E-state index in [-0.39, 0.29) is 0 Å². The highest BCUT2D eigenvalue weighted by Gasteiger charge is 2.37. The number of halogens is 10. The molecule has 0 fully saturated rings. The lowest BCUT2D eigenvalue weighted by Gasteiger charge is -2.12. The highest BCUT2D eigenvalue weighted by Crippen LogP contribution is 2.28. The maximum atomic E-state index is 13.5. The standard InChI is InChI=1S/C13HF10NO3S/c14-2-1(3(15)5(17)6(18)4(2)16)13(25)24-28(26,27)12-10(22)8(20)7(19)9(21)11(12)23/h(H,24,25). The summed E-state index contributed by atoms with van der Waals surface area (Å²) in [6.07, 6.45) is 0. The lowest BCUT2D eigenvalue weighted by atomic mass is 10.1. The van der Waals surface area contributed by atoms with Crippen LogP contribution in [0.2, 0.25) is 0 Å². The van der Waals surface area contributed by atoms with Crippen LogP contribution in [0, 0.1) is 58.2 Å². The monoisotopic (exact) mass is 441 g/mol. The van der Waals surface area contributed by atoms with E-state index in [9.17, 15) is 57.1 Å². The van der Waals surface area contributed by atoms with Crippen LogP contribution in [0.1, 0.15) is 10.4 Å². The summed E-state index contributed by atoms with van der Waals surface area (Å²) in [6.45, 7) is 0. The van der Waals surface area contributed by atoms with Crippen LogP contribution in [-0.4, -0.2) is 14.3 Å². The van der Waals surface area contributed by atoms with E-state index in [1.807, 2.05) is 0 Å². The average molecular weight is 441 g/mol. The molecule has 0 aliphatic rings. The molecule has 4 nitrogen and oxygen atoms in total. The molecule has 28 heavy (non-hydrogen) atoms. The first kappa shape index (κ1) is 21.5. The van der Waals surface area contributed by atoms with Crippen molar-refractivity contribution in [2.24, 2.45) is 0 Å². The van der Waals surface area contributed by atoms with Crippen molar-refractivity contribution in [3.8, 4) is 0 Å². The SMILES string of the molecule is O=C(NS(=O)(=O)c1c(F)c(F)c(F)c(F)c1F)c1c(F)c(F)c(F)c(F)c1F. The van der Waals surface area contributed by atoms with E-state index in [1.54, 1.807) is 0 Å². The van der Waals surface area contributed by atoms with Gasteiger partial charge in [-0.3, -0.25) is 4.79 Å². The fourth-order valence-corrected chi connectivity index (χ4v) is 2.95. The van der Waals surface area contributed by atoms with Crippen molar-refractivity contribution in [2.75, 3.05) is 0 Å². The molecular weight excluding hydrogens is 440 g/mol. The number of amides is 1. The number of sulfonamides is 1. The van der Waals surface area contributed by atoms with Gasteiger partial charge in [-0.05, 0) is 0 Å². The number of nitrogens with one attached hydrogen (secondary N) is 1. The van der Waals surface area contributed by atoms with Crippen LogP contribution in [0.3, 0.4) is 0 Å². The topological polar surface area (TPSA) is 63.2 Å². The van der Waals surface area contributed by atoms with Gasteiger partial charge < -0.3 is 0 Å². The first-order valence-corrected chi connectivity index (χ1v) is 7.82. The molecule has 2 aromatic rings. The predicted octanol–water partition coefficient (Wildman–Crippen LogP) is 3.20. The first-order chi connectivity index (χ1) is 12.7. The van der Waals surface area contributed by atoms with Gasteiger partial charge in [0.25, 0.3) is 15.9 Å². The number of benzene rings is 2. The van der Waals surface area contributed by atoms with Crippen molar-refractivity contribution < 1.29 is 57.1 Å². The molecule has 15 heteroatoms. The van der Waals surface area contributed by atoms with Crippen LogP contribution in [0.5, 0.6) is 0 Å². The zero-order chi connectivity index (χ0) is 21.7. The summed E-state index contributed by atoms with van der Waals surface area (Å²) in [5, 5.41) is 0. The third kappa shape index (κ3) is 3.14. The molecule has 0 aliphatic heterocycles. The van der Waals surface area contributed by atoms with Crippen LogP contribution in [0.25, 0.3) is 0 Å². The Morgan fingerprint density at radius 1 is 0.536 bits per heavy atom. The second kappa shape index (κ2) is 6.96. The Morgan fingerprint density at radius 3 is 1.18 bits per heavy atom. The second-order valence-corrected chi connectivity index (χ2v) is 6.40. The quantitative estimate of drug-likeness (QED) is 0.452. The first-order valence-electron chi connectivity index (χ1n) is 6.34. The van der Waals surface area contributed by atoms with Crippen molar-refractivity contribution in [3.05, 3.63) is 63.7 Å². The molecule has 152 valence electrons. The number of hydrogen-bond donors (Lipinski definition) is 1. The summed E-state index contributed by atoms with van der Waals surface area (Å²) in [7, 11) is -6.07. The maximum Gasteiger partial charge on any atom is 0.271 e. The molecule has 1 N–H and O–H groups in total. The van der Waals surface area contributed by atoms with Gasteiger partial charge in [0, 0.05) is 0 Å². The lowest BCUT2D eigenvalue weighted by molar-refractivity contribution is 0.0969. The fourth-order valence-electron chi connectivity index (χ4n) is 1.85. The summed E-state index contributed by atoms with van der Waals surface area (Å²) >= 11 is 0. The fraction of sp³-hybridized carbons (Fsp3) is 0. The van der Waals surface area contributed by atoms with Gasteiger partial charge in [-0.25, -0.2) is 57.0 Å². The summed E-state index contributed by atoms with van der Waals surface area (Å²) in [5.41, 5.74) is -2.39. The van der Waals surface area contributed by atoms with Crippen molar-refractivity contribution in [1.29, 1.82) is 0 Å². The molecule has 0 aliphatic carbocycles. The third-order valence-corrected chi connectivity index (χ3v) is 4.45. The van der Waals surface area contributed by atoms with E-state index < -0.39 is 84.6 Å². The molecule has 0 unspecified atom stereocenters. The Labute approximate surface area is 147 Å². The highest BCUT2D eigenvalue weighted by molar-refractivity contribution is 7.90. The minimum atomic E-state index is -6.07. The summed E-state index contributed by atoms with van der Waals surface area (Å²) in [5.74, 6) is -30.5. The molecule has 2 aromatic carbocycles. The number of rotatable bonds is 3. The largest absolute Gasteiger partial charge is 0.271 e. The minimum Gasteiger partial charge on any atom is -0.268 e. The van der Waals surface area contributed by atoms with Crippen LogP contribution in [0.15, 0.2) is 4.90 Å². The van der Waals surface area contributed by atoms with E-state index in [4.69, 9.17) is 0 Å². The molecule has 0 spiro atoms. The summed E-state index contributed by atoms with van der Waals surface area (Å²) in [4.78, 5) is 8.99. The number of carbonyl (C=O) groups is 1. The predicted molar refractivity (Wildman–Crippen MR) is 67.1 cm³/mol. The van der Waals surface area contributed by atoms with Gasteiger partial charge in [0.2, 0.25) is 11.6 Å². The number of hydrogen-bond acceptors (Lipinski definition) is 3. The van der Waals surface area contributed by atoms with Gasteiger partial charge in [0.05, 0.1) is 0 Å². The van der Waals surface area contributed by atoms with E-state index in [2.05, 4.69) is 0 Å². The van der Waals surface area contributed by atoms with E-state index in [0.717, 1.165) is 0 Å². The Balaban J connectivity index is 2.64. The molecule has 0 atom stereocenters. The minimum absolute atomic E-state index is 0.462. The van der Waals surface area contributed by atoms with Crippen LogP contribution < -0.4 is 4.72 Å². The van der Waals surface area contributed by atoms with Crippen molar-refractivity contribution in [3.63, 3.8) is 0 Å². The lowest BCUT2D eigenvalue weighted by Crippen LogP contribution is -2.34. The zero-order valence-electron chi connectivity index (χ0n) is 12.4. The molecule has 0 heterocycles. The van der Waals surface area contributed by atoms with Crippen molar-refractivity contribution in [1.82, 2.24) is 4.72 Å². The third-order valence-electron chi connectivity index (χ3n) is 3.10. The molecule has 0 aromatic heterocycles. The van der Waals surface area contributed by atoms with E-state index in [0.29, 0.717) is 4.72 Å². The van der Waals surface area contributed by atoms with Gasteiger partial charge in [-0.1, -0.05) is 0 Å². The zero-order valence-corrected chi connectivity index (χ0v) is 13.2.